The largest absolute Gasteiger partial charge is 0.379 e. The van der Waals surface area contributed by atoms with Gasteiger partial charge in [-0.15, -0.1) is 0 Å². The molecular formula is C16H30N4O4S. The van der Waals surface area contributed by atoms with E-state index in [1.807, 2.05) is 18.7 Å². The van der Waals surface area contributed by atoms with Crippen LogP contribution in [0.2, 0.25) is 0 Å². The van der Waals surface area contributed by atoms with Crippen molar-refractivity contribution in [3.05, 3.63) is 0 Å². The van der Waals surface area contributed by atoms with E-state index in [1.54, 1.807) is 0 Å². The average Bonchev–Trinajstić information content (AvgIpc) is 3.11. The summed E-state index contributed by atoms with van der Waals surface area (Å²) in [5, 5.41) is 9.10. The maximum atomic E-state index is 11.9. The summed E-state index contributed by atoms with van der Waals surface area (Å²) in [5.74, 6) is 0.917. The van der Waals surface area contributed by atoms with Gasteiger partial charge in [0, 0.05) is 24.0 Å². The maximum absolute atomic E-state index is 11.9. The van der Waals surface area contributed by atoms with Crippen molar-refractivity contribution in [1.82, 2.24) is 16.0 Å². The Labute approximate surface area is 153 Å². The third-order valence-corrected chi connectivity index (χ3v) is 5.81. The monoisotopic (exact) mass is 374 g/mol. The second kappa shape index (κ2) is 10.8. The van der Waals surface area contributed by atoms with Crippen LogP contribution in [0.1, 0.15) is 32.6 Å². The van der Waals surface area contributed by atoms with Crippen LogP contribution in [-0.2, 0) is 14.3 Å². The Hall–Kier alpha value is -1.03. The molecule has 1 unspecified atom stereocenters. The highest BCUT2D eigenvalue weighted by molar-refractivity contribution is 8.00. The number of rotatable bonds is 12. The molecule has 3 amide bonds. The van der Waals surface area contributed by atoms with Crippen LogP contribution in [0.25, 0.3) is 0 Å². The topological polar surface area (TPSA) is 115 Å². The highest BCUT2D eigenvalue weighted by Gasteiger charge is 2.42. The fourth-order valence-electron chi connectivity index (χ4n) is 3.07. The predicted molar refractivity (Wildman–Crippen MR) is 97.4 cm³/mol. The first-order valence-corrected chi connectivity index (χ1v) is 10.0. The molecule has 2 fully saturated rings. The Kier molecular flexibility index (Phi) is 8.80. The first kappa shape index (κ1) is 20.3. The molecule has 4 atom stereocenters. The Bertz CT molecular complexity index is 440. The molecule has 2 saturated heterocycles. The van der Waals surface area contributed by atoms with Gasteiger partial charge in [-0.1, -0.05) is 6.42 Å². The molecule has 5 N–H and O–H groups in total. The first-order valence-electron chi connectivity index (χ1n) is 8.99. The van der Waals surface area contributed by atoms with Crippen LogP contribution < -0.4 is 21.7 Å². The normalized spacial score (nSPS) is 26.0. The summed E-state index contributed by atoms with van der Waals surface area (Å²) in [4.78, 5) is 23.2. The van der Waals surface area contributed by atoms with Crippen molar-refractivity contribution in [2.45, 2.75) is 56.1 Å². The molecule has 9 heteroatoms. The van der Waals surface area contributed by atoms with Crippen LogP contribution >= 0.6 is 11.8 Å². The molecule has 144 valence electrons. The van der Waals surface area contributed by atoms with Gasteiger partial charge in [0.05, 0.1) is 31.9 Å². The summed E-state index contributed by atoms with van der Waals surface area (Å²) in [7, 11) is 0. The van der Waals surface area contributed by atoms with Gasteiger partial charge >= 0.3 is 6.03 Å². The van der Waals surface area contributed by atoms with E-state index in [-0.39, 0.29) is 30.6 Å². The van der Waals surface area contributed by atoms with Crippen LogP contribution in [0.15, 0.2) is 0 Å². The molecule has 0 bridgehead atoms. The van der Waals surface area contributed by atoms with Crippen LogP contribution in [0.4, 0.5) is 4.79 Å². The lowest BCUT2D eigenvalue weighted by molar-refractivity contribution is -0.122. The highest BCUT2D eigenvalue weighted by Crippen LogP contribution is 2.33. The number of unbranched alkanes of at least 4 members (excludes halogenated alkanes) is 1. The van der Waals surface area contributed by atoms with Crippen molar-refractivity contribution < 1.29 is 19.1 Å². The zero-order valence-electron chi connectivity index (χ0n) is 14.8. The number of carbonyl (C=O) groups excluding carboxylic acids is 2. The van der Waals surface area contributed by atoms with Crippen molar-refractivity contribution >= 4 is 23.7 Å². The Balaban J connectivity index is 1.49. The molecule has 0 saturated carbocycles. The zero-order chi connectivity index (χ0) is 18.1. The summed E-state index contributed by atoms with van der Waals surface area (Å²) in [6.45, 7) is 3.89. The number of urea groups is 1. The van der Waals surface area contributed by atoms with E-state index in [1.165, 1.54) is 0 Å². The van der Waals surface area contributed by atoms with Gasteiger partial charge < -0.3 is 31.2 Å². The van der Waals surface area contributed by atoms with Gasteiger partial charge in [-0.25, -0.2) is 4.79 Å². The highest BCUT2D eigenvalue weighted by atomic mass is 32.2. The first-order chi connectivity index (χ1) is 12.1. The summed E-state index contributed by atoms with van der Waals surface area (Å²) in [6, 6.07) is 0.428. The van der Waals surface area contributed by atoms with E-state index in [9.17, 15) is 9.59 Å². The van der Waals surface area contributed by atoms with E-state index in [0.717, 1.165) is 25.0 Å². The van der Waals surface area contributed by atoms with Crippen molar-refractivity contribution in [3.63, 3.8) is 0 Å². The third-order valence-electron chi connectivity index (χ3n) is 4.30. The van der Waals surface area contributed by atoms with Crippen molar-refractivity contribution in [2.75, 3.05) is 32.2 Å². The number of hydrogen-bond acceptors (Lipinski definition) is 6. The number of nitrogens with two attached hydrogens (primary N) is 1. The van der Waals surface area contributed by atoms with E-state index < -0.39 is 6.17 Å². The molecule has 25 heavy (non-hydrogen) atoms. The van der Waals surface area contributed by atoms with Crippen molar-refractivity contribution in [3.8, 4) is 0 Å². The number of ether oxygens (including phenoxy) is 2. The van der Waals surface area contributed by atoms with Gasteiger partial charge in [0.2, 0.25) is 5.91 Å². The van der Waals surface area contributed by atoms with E-state index in [4.69, 9.17) is 15.2 Å². The number of carbonyl (C=O) groups is 2. The second-order valence-corrected chi connectivity index (χ2v) is 7.59. The lowest BCUT2D eigenvalue weighted by atomic mass is 10.0. The zero-order valence-corrected chi connectivity index (χ0v) is 15.6. The molecule has 8 nitrogen and oxygen atoms in total. The molecule has 0 aliphatic carbocycles. The molecule has 0 spiro atoms. The summed E-state index contributed by atoms with van der Waals surface area (Å²) < 4.78 is 10.5. The Morgan fingerprint density at radius 2 is 2.16 bits per heavy atom. The van der Waals surface area contributed by atoms with Gasteiger partial charge in [0.15, 0.2) is 0 Å². The number of amides is 3. The molecule has 2 aliphatic rings. The summed E-state index contributed by atoms with van der Waals surface area (Å²) >= 11 is 1.90. The Morgan fingerprint density at radius 1 is 1.36 bits per heavy atom. The standard InChI is InChI=1S/C16H30N4O4S/c1-2-23-7-8-24-9-13(17)19-14(21)6-4-3-5-12-15-11(10-25-12)18-16(22)20-15/h11-13,15H,2-10,17H2,1H3,(H,19,21)(H2,18,20,22)/t11-,12-,13?,15-/m0/s1. The number of thioether (sulfide) groups is 1. The number of hydrogen-bond donors (Lipinski definition) is 4. The molecule has 0 radical (unpaired) electrons. The molecule has 0 aromatic heterocycles. The number of nitrogens with one attached hydrogen (secondary N) is 3. The minimum absolute atomic E-state index is 0.0475. The van der Waals surface area contributed by atoms with Crippen LogP contribution in [0.5, 0.6) is 0 Å². The van der Waals surface area contributed by atoms with Crippen molar-refractivity contribution in [1.29, 1.82) is 0 Å². The van der Waals surface area contributed by atoms with Gasteiger partial charge in [-0.2, -0.15) is 11.8 Å². The van der Waals surface area contributed by atoms with E-state index in [2.05, 4.69) is 16.0 Å². The van der Waals surface area contributed by atoms with E-state index in [0.29, 0.717) is 31.5 Å². The second-order valence-electron chi connectivity index (χ2n) is 6.31. The van der Waals surface area contributed by atoms with E-state index >= 15 is 0 Å². The summed E-state index contributed by atoms with van der Waals surface area (Å²) in [6.07, 6.45) is 2.76. The molecule has 0 aromatic rings. The molecule has 0 aromatic carbocycles. The van der Waals surface area contributed by atoms with Gasteiger partial charge in [0.25, 0.3) is 0 Å². The van der Waals surface area contributed by atoms with Crippen LogP contribution in [0.3, 0.4) is 0 Å². The van der Waals surface area contributed by atoms with Crippen molar-refractivity contribution in [2.24, 2.45) is 5.73 Å². The quantitative estimate of drug-likeness (QED) is 0.220. The maximum Gasteiger partial charge on any atom is 0.315 e. The predicted octanol–water partition coefficient (Wildman–Crippen LogP) is 0.166. The SMILES string of the molecule is CCOCCOCC(N)NC(=O)CCCC[C@@H]1SC[C@@H]2NC(=O)N[C@@H]21. The average molecular weight is 375 g/mol. The molecule has 2 heterocycles. The van der Waals surface area contributed by atoms with Gasteiger partial charge in [0.1, 0.15) is 6.17 Å². The van der Waals surface area contributed by atoms with Crippen LogP contribution in [-0.4, -0.2) is 67.6 Å². The number of fused-ring (bicyclic) bond motifs is 1. The summed E-state index contributed by atoms with van der Waals surface area (Å²) in [5.41, 5.74) is 5.82. The molecule has 2 aliphatic heterocycles. The van der Waals surface area contributed by atoms with Gasteiger partial charge in [-0.3, -0.25) is 4.79 Å². The molecular weight excluding hydrogens is 344 g/mol. The fraction of sp³-hybridized carbons (Fsp3) is 0.875. The lowest BCUT2D eigenvalue weighted by Gasteiger charge is -2.17. The minimum Gasteiger partial charge on any atom is -0.379 e. The van der Waals surface area contributed by atoms with Crippen LogP contribution in [0, 0.1) is 0 Å². The fourth-order valence-corrected chi connectivity index (χ4v) is 4.61. The minimum atomic E-state index is -0.486. The Morgan fingerprint density at radius 3 is 2.96 bits per heavy atom. The third kappa shape index (κ3) is 7.01. The lowest BCUT2D eigenvalue weighted by Crippen LogP contribution is -2.44. The van der Waals surface area contributed by atoms with Gasteiger partial charge in [-0.05, 0) is 19.8 Å². The molecule has 2 rings (SSSR count). The smallest absolute Gasteiger partial charge is 0.315 e.